The molecule has 1 atom stereocenters. The molecule has 3 aromatic rings. The van der Waals surface area contributed by atoms with Crippen LogP contribution >= 0.6 is 12.2 Å². The van der Waals surface area contributed by atoms with Gasteiger partial charge in [-0.1, -0.05) is 18.2 Å². The molecule has 0 fully saturated rings. The molecule has 0 aliphatic heterocycles. The minimum atomic E-state index is 0.614. The molecule has 1 N–H and O–H groups in total. The van der Waals surface area contributed by atoms with E-state index >= 15 is 0 Å². The fraction of sp³-hybridized carbons (Fsp3) is 0.300. The first-order valence-corrected chi connectivity index (χ1v) is 9.34. The average molecular weight is 386 g/mol. The molecule has 27 heavy (non-hydrogen) atoms. The van der Waals surface area contributed by atoms with Crippen LogP contribution in [0.25, 0.3) is 5.69 Å². The molecule has 6 nitrogen and oxygen atoms in total. The van der Waals surface area contributed by atoms with Crippen LogP contribution in [-0.4, -0.2) is 35.1 Å². The summed E-state index contributed by atoms with van der Waals surface area (Å²) in [5.74, 6) is 1.53. The molecule has 0 amide bonds. The number of para-hydroxylation sites is 1. The van der Waals surface area contributed by atoms with Crippen molar-refractivity contribution in [2.45, 2.75) is 20.1 Å². The molecule has 0 bridgehead atoms. The van der Waals surface area contributed by atoms with Gasteiger partial charge in [0.05, 0.1) is 20.8 Å². The summed E-state index contributed by atoms with van der Waals surface area (Å²) in [6.07, 6.45) is 1.77. The van der Waals surface area contributed by atoms with Crippen LogP contribution in [0.1, 0.15) is 12.5 Å². The van der Waals surface area contributed by atoms with E-state index in [0.717, 1.165) is 23.7 Å². The highest BCUT2D eigenvalue weighted by Gasteiger charge is 2.12. The van der Waals surface area contributed by atoms with E-state index in [1.807, 2.05) is 58.6 Å². The Morgan fingerprint density at radius 3 is 2.59 bits per heavy atom. The Bertz CT molecular complexity index is 937. The first kappa shape index (κ1) is 19.1. The van der Waals surface area contributed by atoms with Crippen molar-refractivity contribution in [3.05, 3.63) is 65.2 Å². The van der Waals surface area contributed by atoms with Crippen LogP contribution in [0.4, 0.5) is 0 Å². The predicted molar refractivity (Wildman–Crippen MR) is 107 cm³/mol. The number of benzene rings is 2. The fourth-order valence-corrected chi connectivity index (χ4v) is 3.23. The molecule has 0 saturated carbocycles. The molecule has 2 aromatic carbocycles. The molecule has 0 spiro atoms. The van der Waals surface area contributed by atoms with Crippen molar-refractivity contribution in [3.63, 3.8) is 0 Å². The highest BCUT2D eigenvalue weighted by molar-refractivity contribution is 7.71. The molecule has 1 aromatic heterocycles. The zero-order valence-corrected chi connectivity index (χ0v) is 16.7. The van der Waals surface area contributed by atoms with Gasteiger partial charge >= 0.3 is 0 Å². The highest BCUT2D eigenvalue weighted by atomic mass is 32.1. The van der Waals surface area contributed by atoms with Gasteiger partial charge in [0.2, 0.25) is 4.77 Å². The second-order valence-electron chi connectivity index (χ2n) is 6.33. The number of nitrogens with zero attached hydrogens (tertiary/aromatic N) is 3. The second kappa shape index (κ2) is 8.83. The summed E-state index contributed by atoms with van der Waals surface area (Å²) in [6.45, 7) is 4.07. The molecule has 142 valence electrons. The first-order chi connectivity index (χ1) is 13.1. The number of ether oxygens (including phenoxy) is 2. The smallest absolute Gasteiger partial charge is 0.207 e. The Morgan fingerprint density at radius 1 is 1.11 bits per heavy atom. The lowest BCUT2D eigenvalue weighted by Crippen LogP contribution is -3.07. The van der Waals surface area contributed by atoms with Gasteiger partial charge in [-0.05, 0) is 49.5 Å². The number of nitrogens with one attached hydrogen (secondary N) is 1. The lowest BCUT2D eigenvalue weighted by Gasteiger charge is -2.15. The summed E-state index contributed by atoms with van der Waals surface area (Å²) < 4.78 is 15.5. The number of rotatable bonds is 8. The Hall–Kier alpha value is -2.64. The molecule has 7 heteroatoms. The van der Waals surface area contributed by atoms with E-state index in [9.17, 15) is 0 Å². The van der Waals surface area contributed by atoms with Crippen LogP contribution in [0.15, 0.2) is 54.9 Å². The predicted octanol–water partition coefficient (Wildman–Crippen LogP) is 2.48. The Morgan fingerprint density at radius 2 is 1.89 bits per heavy atom. The maximum Gasteiger partial charge on any atom is 0.207 e. The molecule has 1 unspecified atom stereocenters. The minimum absolute atomic E-state index is 0.614. The molecular formula is C20H25N4O2S+. The summed E-state index contributed by atoms with van der Waals surface area (Å²) in [7, 11) is 3.78. The summed E-state index contributed by atoms with van der Waals surface area (Å²) >= 11 is 5.59. The standard InChI is InChI=1S/C20H24N4O2S/c1-4-26-18-11-10-16(12-19(18)25-3)13-22(2)15-24-20(27)23(14-21-24)17-8-6-5-7-9-17/h5-12,14H,4,13,15H2,1-3H3/p+1. The third kappa shape index (κ3) is 4.56. The van der Waals surface area contributed by atoms with E-state index in [1.54, 1.807) is 13.4 Å². The molecule has 0 radical (unpaired) electrons. The van der Waals surface area contributed by atoms with Crippen LogP contribution in [0.5, 0.6) is 11.5 Å². The number of hydrogen-bond acceptors (Lipinski definition) is 4. The number of aromatic nitrogens is 3. The molecule has 0 aliphatic carbocycles. The van der Waals surface area contributed by atoms with Crippen molar-refractivity contribution in [2.75, 3.05) is 20.8 Å². The van der Waals surface area contributed by atoms with Gasteiger partial charge in [-0.25, -0.2) is 0 Å². The van der Waals surface area contributed by atoms with Crippen molar-refractivity contribution < 1.29 is 14.4 Å². The van der Waals surface area contributed by atoms with Gasteiger partial charge in [-0.2, -0.15) is 9.78 Å². The van der Waals surface area contributed by atoms with E-state index in [-0.39, 0.29) is 0 Å². The monoisotopic (exact) mass is 385 g/mol. The van der Waals surface area contributed by atoms with Gasteiger partial charge in [0.1, 0.15) is 12.9 Å². The number of methoxy groups -OCH3 is 1. The van der Waals surface area contributed by atoms with Crippen LogP contribution in [0.3, 0.4) is 0 Å². The minimum Gasteiger partial charge on any atom is -0.493 e. The third-order valence-electron chi connectivity index (χ3n) is 4.22. The largest absolute Gasteiger partial charge is 0.493 e. The van der Waals surface area contributed by atoms with Crippen molar-refractivity contribution in [1.29, 1.82) is 0 Å². The maximum atomic E-state index is 5.59. The van der Waals surface area contributed by atoms with Gasteiger partial charge in [0.25, 0.3) is 0 Å². The number of hydrogen-bond donors (Lipinski definition) is 1. The van der Waals surface area contributed by atoms with Crippen LogP contribution in [-0.2, 0) is 13.2 Å². The summed E-state index contributed by atoms with van der Waals surface area (Å²) in [5, 5.41) is 4.46. The van der Waals surface area contributed by atoms with Gasteiger partial charge < -0.3 is 14.4 Å². The van der Waals surface area contributed by atoms with Crippen molar-refractivity contribution >= 4 is 12.2 Å². The maximum absolute atomic E-state index is 5.59. The van der Waals surface area contributed by atoms with Gasteiger partial charge in [0, 0.05) is 11.3 Å². The van der Waals surface area contributed by atoms with Gasteiger partial charge in [-0.15, -0.1) is 0 Å². The average Bonchev–Trinajstić information content (AvgIpc) is 3.04. The Balaban J connectivity index is 1.71. The second-order valence-corrected chi connectivity index (χ2v) is 6.69. The quantitative estimate of drug-likeness (QED) is 0.605. The van der Waals surface area contributed by atoms with Crippen LogP contribution in [0.2, 0.25) is 0 Å². The van der Waals surface area contributed by atoms with E-state index in [2.05, 4.69) is 18.2 Å². The van der Waals surface area contributed by atoms with Crippen molar-refractivity contribution in [3.8, 4) is 17.2 Å². The SMILES string of the molecule is CCOc1ccc(C[NH+](C)Cn2ncn(-c3ccccc3)c2=S)cc1OC. The Labute approximate surface area is 164 Å². The normalized spacial score (nSPS) is 12.0. The van der Waals surface area contributed by atoms with E-state index in [1.165, 1.54) is 10.5 Å². The molecule has 0 saturated heterocycles. The topological polar surface area (TPSA) is 45.7 Å². The lowest BCUT2D eigenvalue weighted by atomic mass is 10.2. The highest BCUT2D eigenvalue weighted by Crippen LogP contribution is 2.27. The fourth-order valence-electron chi connectivity index (χ4n) is 2.97. The van der Waals surface area contributed by atoms with Crippen LogP contribution < -0.4 is 14.4 Å². The van der Waals surface area contributed by atoms with E-state index in [0.29, 0.717) is 18.0 Å². The van der Waals surface area contributed by atoms with Crippen molar-refractivity contribution in [1.82, 2.24) is 14.3 Å². The summed E-state index contributed by atoms with van der Waals surface area (Å²) in [5.41, 5.74) is 2.18. The van der Waals surface area contributed by atoms with Gasteiger partial charge in [0.15, 0.2) is 18.2 Å². The molecular weight excluding hydrogens is 360 g/mol. The van der Waals surface area contributed by atoms with Crippen molar-refractivity contribution in [2.24, 2.45) is 0 Å². The van der Waals surface area contributed by atoms with Gasteiger partial charge in [-0.3, -0.25) is 4.57 Å². The summed E-state index contributed by atoms with van der Waals surface area (Å²) in [6, 6.07) is 16.1. The van der Waals surface area contributed by atoms with E-state index < -0.39 is 0 Å². The first-order valence-electron chi connectivity index (χ1n) is 8.93. The summed E-state index contributed by atoms with van der Waals surface area (Å²) in [4.78, 5) is 1.26. The lowest BCUT2D eigenvalue weighted by molar-refractivity contribution is -0.917. The molecule has 0 aliphatic rings. The molecule has 1 heterocycles. The third-order valence-corrected chi connectivity index (χ3v) is 4.63. The molecule has 3 rings (SSSR count). The zero-order valence-electron chi connectivity index (χ0n) is 15.9. The Kier molecular flexibility index (Phi) is 6.26. The van der Waals surface area contributed by atoms with Crippen LogP contribution in [0, 0.1) is 4.77 Å². The zero-order chi connectivity index (χ0) is 19.2. The number of quaternary nitrogens is 1. The van der Waals surface area contributed by atoms with E-state index in [4.69, 9.17) is 21.7 Å².